The van der Waals surface area contributed by atoms with Gasteiger partial charge in [0.1, 0.15) is 6.61 Å². The molecule has 0 unspecified atom stereocenters. The minimum Gasteiger partial charge on any atom is -0.378 e. The number of ether oxygens (including phenoxy) is 1. The van der Waals surface area contributed by atoms with E-state index in [9.17, 15) is 8.78 Å². The Morgan fingerprint density at radius 3 is 2.14 bits per heavy atom. The predicted molar refractivity (Wildman–Crippen MR) is 22.2 cm³/mol. The summed E-state index contributed by atoms with van der Waals surface area (Å²) in [6.45, 7) is 1.90. The van der Waals surface area contributed by atoms with Gasteiger partial charge in [-0.3, -0.25) is 0 Å². The second kappa shape index (κ2) is 2.21. The highest BCUT2D eigenvalue weighted by Crippen LogP contribution is 2.09. The first-order valence-electron chi connectivity index (χ1n) is 1.78. The van der Waals surface area contributed by atoms with Gasteiger partial charge in [-0.15, -0.1) is 0 Å². The lowest BCUT2D eigenvalue weighted by molar-refractivity contribution is -0.0257. The van der Waals surface area contributed by atoms with Gasteiger partial charge < -0.3 is 4.74 Å². The van der Waals surface area contributed by atoms with Gasteiger partial charge in [-0.25, -0.2) is 8.78 Å². The van der Waals surface area contributed by atoms with E-state index in [0.29, 0.717) is 0 Å². The van der Waals surface area contributed by atoms with Gasteiger partial charge in [0.15, 0.2) is 0 Å². The van der Waals surface area contributed by atoms with Crippen molar-refractivity contribution < 1.29 is 13.5 Å². The summed E-state index contributed by atoms with van der Waals surface area (Å²) >= 11 is 0. The fourth-order valence-electron chi connectivity index (χ4n) is 0.211. The Balaban J connectivity index is 3.15. The minimum atomic E-state index is -2.92. The average Bonchev–Trinajstić information content (AvgIpc) is 1.30. The van der Waals surface area contributed by atoms with Gasteiger partial charge in [-0.1, -0.05) is 0 Å². The molecule has 43 valence electrons. The van der Waals surface area contributed by atoms with Crippen LogP contribution in [0.25, 0.3) is 0 Å². The molecule has 0 aromatic carbocycles. The molecule has 1 nitrogen and oxygen atoms in total. The van der Waals surface area contributed by atoms with E-state index in [0.717, 1.165) is 0 Å². The van der Waals surface area contributed by atoms with Crippen LogP contribution in [0.4, 0.5) is 8.78 Å². The van der Waals surface area contributed by atoms with E-state index in [-0.39, 0.29) is 0 Å². The summed E-state index contributed by atoms with van der Waals surface area (Å²) in [6.07, 6.45) is 0. The normalized spacial score (nSPS) is 12.0. The van der Waals surface area contributed by atoms with Gasteiger partial charge >= 0.3 is 0 Å². The van der Waals surface area contributed by atoms with Crippen LogP contribution in [0.2, 0.25) is 0 Å². The molecule has 0 saturated heterocycles. The first-order valence-corrected chi connectivity index (χ1v) is 1.78. The minimum absolute atomic E-state index is 0.604. The molecule has 0 heterocycles. The molecule has 0 N–H and O–H groups in total. The molecule has 0 bridgehead atoms. The van der Waals surface area contributed by atoms with E-state index in [4.69, 9.17) is 0 Å². The van der Waals surface area contributed by atoms with E-state index in [1.54, 1.807) is 0 Å². The van der Waals surface area contributed by atoms with Crippen molar-refractivity contribution in [1.82, 2.24) is 0 Å². The third-order valence-corrected chi connectivity index (χ3v) is 0.356. The third-order valence-electron chi connectivity index (χ3n) is 0.356. The number of alkyl halides is 2. The van der Waals surface area contributed by atoms with E-state index in [1.165, 1.54) is 7.11 Å². The van der Waals surface area contributed by atoms with Crippen LogP contribution in [0.5, 0.6) is 0 Å². The fourth-order valence-corrected chi connectivity index (χ4v) is 0.211. The summed E-state index contributed by atoms with van der Waals surface area (Å²) in [5.74, 6) is -2.92. The van der Waals surface area contributed by atoms with E-state index in [1.807, 2.05) is 0 Å². The van der Waals surface area contributed by atoms with Crippen molar-refractivity contribution in [3.05, 3.63) is 6.92 Å². The molecule has 0 atom stereocenters. The van der Waals surface area contributed by atoms with Crippen molar-refractivity contribution in [3.63, 3.8) is 0 Å². The van der Waals surface area contributed by atoms with E-state index in [2.05, 4.69) is 11.7 Å². The molecule has 0 aromatic heterocycles. The maximum Gasteiger partial charge on any atom is 0.271 e. The van der Waals surface area contributed by atoms with Crippen molar-refractivity contribution in [2.75, 3.05) is 13.7 Å². The molecule has 0 aliphatic rings. The van der Waals surface area contributed by atoms with Crippen LogP contribution in [-0.4, -0.2) is 19.6 Å². The summed E-state index contributed by atoms with van der Waals surface area (Å²) < 4.78 is 27.1. The van der Waals surface area contributed by atoms with Crippen molar-refractivity contribution in [2.45, 2.75) is 5.92 Å². The van der Waals surface area contributed by atoms with Crippen LogP contribution in [-0.2, 0) is 4.74 Å². The first-order chi connectivity index (χ1) is 3.06. The highest BCUT2D eigenvalue weighted by Gasteiger charge is 2.19. The Morgan fingerprint density at radius 2 is 2.14 bits per heavy atom. The molecule has 0 aliphatic carbocycles. The zero-order valence-electron chi connectivity index (χ0n) is 4.08. The summed E-state index contributed by atoms with van der Waals surface area (Å²) in [4.78, 5) is 0. The van der Waals surface area contributed by atoms with Crippen molar-refractivity contribution in [3.8, 4) is 0 Å². The van der Waals surface area contributed by atoms with Crippen LogP contribution < -0.4 is 0 Å². The van der Waals surface area contributed by atoms with Gasteiger partial charge in [-0.2, -0.15) is 0 Å². The number of hydrogen-bond donors (Lipinski definition) is 0. The van der Waals surface area contributed by atoms with Crippen molar-refractivity contribution in [1.29, 1.82) is 0 Å². The molecule has 0 fully saturated rings. The maximum atomic E-state index is 11.5. The average molecular weight is 109 g/mol. The van der Waals surface area contributed by atoms with Crippen LogP contribution in [0, 0.1) is 6.92 Å². The largest absolute Gasteiger partial charge is 0.378 e. The lowest BCUT2D eigenvalue weighted by Crippen LogP contribution is -2.17. The van der Waals surface area contributed by atoms with E-state index >= 15 is 0 Å². The molecule has 0 aromatic rings. The third kappa shape index (κ3) is 5.82. The molecule has 3 heteroatoms. The number of rotatable bonds is 2. The Bertz CT molecular complexity index is 48.1. The lowest BCUT2D eigenvalue weighted by Gasteiger charge is -2.05. The zero-order chi connectivity index (χ0) is 5.91. The van der Waals surface area contributed by atoms with Gasteiger partial charge in [0, 0.05) is 14.0 Å². The second-order valence-electron chi connectivity index (χ2n) is 1.29. The zero-order valence-corrected chi connectivity index (χ0v) is 4.08. The Kier molecular flexibility index (Phi) is 2.15. The molecule has 7 heavy (non-hydrogen) atoms. The van der Waals surface area contributed by atoms with Gasteiger partial charge in [0.05, 0.1) is 0 Å². The van der Waals surface area contributed by atoms with Crippen LogP contribution >= 0.6 is 0 Å². The summed E-state index contributed by atoms with van der Waals surface area (Å²) in [5.41, 5.74) is 0. The van der Waals surface area contributed by atoms with E-state index < -0.39 is 12.5 Å². The SMILES string of the molecule is [CH2]C(F)(F)COC. The predicted octanol–water partition coefficient (Wildman–Crippen LogP) is 1.10. The second-order valence-corrected chi connectivity index (χ2v) is 1.29. The number of methoxy groups -OCH3 is 1. The van der Waals surface area contributed by atoms with Gasteiger partial charge in [0.25, 0.3) is 5.92 Å². The van der Waals surface area contributed by atoms with Crippen LogP contribution in [0.15, 0.2) is 0 Å². The van der Waals surface area contributed by atoms with Crippen molar-refractivity contribution >= 4 is 0 Å². The maximum absolute atomic E-state index is 11.5. The van der Waals surface area contributed by atoms with Crippen LogP contribution in [0.3, 0.4) is 0 Å². The molecular formula is C4H7F2O. The quantitative estimate of drug-likeness (QED) is 0.516. The van der Waals surface area contributed by atoms with Gasteiger partial charge in [-0.05, 0) is 0 Å². The fraction of sp³-hybridized carbons (Fsp3) is 0.750. The highest BCUT2D eigenvalue weighted by molar-refractivity contribution is 4.65. The molecule has 0 amide bonds. The Labute approximate surface area is 41.3 Å². The Hall–Kier alpha value is -0.180. The van der Waals surface area contributed by atoms with Crippen LogP contribution in [0.1, 0.15) is 0 Å². The molecule has 0 rings (SSSR count). The molecule has 0 aliphatic heterocycles. The summed E-state index contributed by atoms with van der Waals surface area (Å²) in [7, 11) is 1.21. The summed E-state index contributed by atoms with van der Waals surface area (Å²) in [5, 5.41) is 0. The Morgan fingerprint density at radius 1 is 1.71 bits per heavy atom. The molecular weight excluding hydrogens is 102 g/mol. The first kappa shape index (κ1) is 6.82. The standard InChI is InChI=1S/C4H7F2O/c1-4(5,6)3-7-2/h1,3H2,2H3. The topological polar surface area (TPSA) is 9.23 Å². The number of hydrogen-bond acceptors (Lipinski definition) is 1. The molecule has 0 saturated carbocycles. The molecule has 0 spiro atoms. The summed E-state index contributed by atoms with van der Waals surface area (Å²) in [6, 6.07) is 0. The molecule has 1 radical (unpaired) electrons. The van der Waals surface area contributed by atoms with Gasteiger partial charge in [0.2, 0.25) is 0 Å². The smallest absolute Gasteiger partial charge is 0.271 e. The number of halogens is 2. The lowest BCUT2D eigenvalue weighted by atomic mass is 10.4. The monoisotopic (exact) mass is 109 g/mol. The highest BCUT2D eigenvalue weighted by atomic mass is 19.3. The van der Waals surface area contributed by atoms with Crippen molar-refractivity contribution in [2.24, 2.45) is 0 Å².